The highest BCUT2D eigenvalue weighted by molar-refractivity contribution is 6.42. The molecule has 1 heterocycles. The number of nitrogens with one attached hydrogen (secondary N) is 1. The Labute approximate surface area is 139 Å². The zero-order valence-corrected chi connectivity index (χ0v) is 13.7. The van der Waals surface area contributed by atoms with Crippen LogP contribution in [0.3, 0.4) is 0 Å². The van der Waals surface area contributed by atoms with Crippen molar-refractivity contribution < 1.29 is 9.53 Å². The predicted octanol–water partition coefficient (Wildman–Crippen LogP) is 4.01. The Kier molecular flexibility index (Phi) is 6.10. The molecule has 118 valence electrons. The summed E-state index contributed by atoms with van der Waals surface area (Å²) >= 11 is 11.9. The summed E-state index contributed by atoms with van der Waals surface area (Å²) in [5.74, 6) is 0.454. The minimum atomic E-state index is -0.0727. The summed E-state index contributed by atoms with van der Waals surface area (Å²) in [6.07, 6.45) is 4.36. The molecule has 2 rings (SSSR count). The van der Waals surface area contributed by atoms with E-state index < -0.39 is 0 Å². The van der Waals surface area contributed by atoms with E-state index >= 15 is 0 Å². The van der Waals surface area contributed by atoms with Crippen LogP contribution in [0.2, 0.25) is 10.0 Å². The van der Waals surface area contributed by atoms with Crippen molar-refractivity contribution in [3.05, 3.63) is 40.6 Å². The van der Waals surface area contributed by atoms with Gasteiger partial charge in [0.25, 0.3) is 0 Å². The number of aryl methyl sites for hydroxylation is 1. The van der Waals surface area contributed by atoms with Gasteiger partial charge in [-0.15, -0.1) is 0 Å². The van der Waals surface area contributed by atoms with Crippen LogP contribution in [0.5, 0.6) is 5.75 Å². The minimum absolute atomic E-state index is 0.0727. The lowest BCUT2D eigenvalue weighted by Gasteiger charge is -2.08. The van der Waals surface area contributed by atoms with Gasteiger partial charge in [0, 0.05) is 19.2 Å². The highest BCUT2D eigenvalue weighted by Gasteiger charge is 2.07. The summed E-state index contributed by atoms with van der Waals surface area (Å²) in [5, 5.41) is 7.72. The van der Waals surface area contributed by atoms with Crippen molar-refractivity contribution in [2.45, 2.75) is 26.3 Å². The zero-order valence-electron chi connectivity index (χ0n) is 12.2. The third-order valence-electron chi connectivity index (χ3n) is 2.96. The summed E-state index contributed by atoms with van der Waals surface area (Å²) in [6.45, 7) is 3.14. The minimum Gasteiger partial charge on any atom is -0.492 e. The molecule has 0 unspecified atom stereocenters. The molecule has 22 heavy (non-hydrogen) atoms. The Morgan fingerprint density at radius 3 is 2.95 bits per heavy atom. The molecule has 0 radical (unpaired) electrons. The third kappa shape index (κ3) is 4.64. The SMILES string of the molecule is CCn1cc(NC(=O)CCCOc2cccc(Cl)c2Cl)cn1. The van der Waals surface area contributed by atoms with Crippen molar-refractivity contribution in [3.8, 4) is 5.75 Å². The van der Waals surface area contributed by atoms with E-state index in [1.54, 1.807) is 35.3 Å². The zero-order chi connectivity index (χ0) is 15.9. The number of halogens is 2. The molecule has 0 saturated carbocycles. The summed E-state index contributed by atoms with van der Waals surface area (Å²) in [7, 11) is 0. The fourth-order valence-corrected chi connectivity index (χ4v) is 2.18. The van der Waals surface area contributed by atoms with Crippen LogP contribution < -0.4 is 10.1 Å². The highest BCUT2D eigenvalue weighted by atomic mass is 35.5. The van der Waals surface area contributed by atoms with Crippen LogP contribution in [0.15, 0.2) is 30.6 Å². The molecule has 2 aromatic rings. The fraction of sp³-hybridized carbons (Fsp3) is 0.333. The number of hydrogen-bond donors (Lipinski definition) is 1. The summed E-state index contributed by atoms with van der Waals surface area (Å²) in [5.41, 5.74) is 0.700. The Morgan fingerprint density at radius 2 is 2.23 bits per heavy atom. The molecule has 1 N–H and O–H groups in total. The van der Waals surface area contributed by atoms with Crippen molar-refractivity contribution in [3.63, 3.8) is 0 Å². The number of benzene rings is 1. The number of hydrogen-bond acceptors (Lipinski definition) is 3. The summed E-state index contributed by atoms with van der Waals surface area (Å²) < 4.78 is 7.28. The molecular weight excluding hydrogens is 325 g/mol. The Bertz CT molecular complexity index is 643. The molecule has 0 aliphatic carbocycles. The van der Waals surface area contributed by atoms with Crippen LogP contribution in [-0.4, -0.2) is 22.3 Å². The molecule has 1 amide bonds. The second-order valence-corrected chi connectivity index (χ2v) is 5.42. The van der Waals surface area contributed by atoms with E-state index in [9.17, 15) is 4.79 Å². The van der Waals surface area contributed by atoms with Crippen molar-refractivity contribution in [1.29, 1.82) is 0 Å². The Hall–Kier alpha value is -1.72. The molecule has 7 heteroatoms. The van der Waals surface area contributed by atoms with Gasteiger partial charge in [0.15, 0.2) is 0 Å². The fourth-order valence-electron chi connectivity index (χ4n) is 1.83. The molecule has 5 nitrogen and oxygen atoms in total. The van der Waals surface area contributed by atoms with Crippen LogP contribution in [0.25, 0.3) is 0 Å². The van der Waals surface area contributed by atoms with E-state index in [1.807, 2.05) is 6.92 Å². The van der Waals surface area contributed by atoms with E-state index in [0.29, 0.717) is 40.9 Å². The maximum atomic E-state index is 11.8. The number of carbonyl (C=O) groups excluding carboxylic acids is 1. The van der Waals surface area contributed by atoms with Gasteiger partial charge in [-0.2, -0.15) is 5.10 Å². The third-order valence-corrected chi connectivity index (χ3v) is 3.76. The van der Waals surface area contributed by atoms with Crippen molar-refractivity contribution in [2.24, 2.45) is 0 Å². The highest BCUT2D eigenvalue weighted by Crippen LogP contribution is 2.31. The number of nitrogens with zero attached hydrogens (tertiary/aromatic N) is 2. The van der Waals surface area contributed by atoms with E-state index in [1.165, 1.54) is 0 Å². The average Bonchev–Trinajstić information content (AvgIpc) is 2.95. The van der Waals surface area contributed by atoms with Crippen LogP contribution >= 0.6 is 23.2 Å². The van der Waals surface area contributed by atoms with Gasteiger partial charge in [0.2, 0.25) is 5.91 Å². The van der Waals surface area contributed by atoms with Crippen molar-refractivity contribution in [2.75, 3.05) is 11.9 Å². The molecule has 1 aromatic carbocycles. The summed E-state index contributed by atoms with van der Waals surface area (Å²) in [4.78, 5) is 11.8. The number of anilines is 1. The largest absolute Gasteiger partial charge is 0.492 e. The maximum absolute atomic E-state index is 11.8. The van der Waals surface area contributed by atoms with Crippen molar-refractivity contribution >= 4 is 34.8 Å². The standard InChI is InChI=1S/C15H17Cl2N3O2/c1-2-20-10-11(9-18-20)19-14(21)7-4-8-22-13-6-3-5-12(16)15(13)17/h3,5-6,9-10H,2,4,7-8H2,1H3,(H,19,21). The number of rotatable bonds is 7. The van der Waals surface area contributed by atoms with E-state index in [2.05, 4.69) is 10.4 Å². The average molecular weight is 342 g/mol. The number of aromatic nitrogens is 2. The normalized spacial score (nSPS) is 10.5. The van der Waals surface area contributed by atoms with E-state index in [0.717, 1.165) is 6.54 Å². The van der Waals surface area contributed by atoms with Gasteiger partial charge >= 0.3 is 0 Å². The molecular formula is C15H17Cl2N3O2. The van der Waals surface area contributed by atoms with Gasteiger partial charge in [0.05, 0.1) is 23.5 Å². The lowest BCUT2D eigenvalue weighted by atomic mass is 10.3. The van der Waals surface area contributed by atoms with E-state index in [4.69, 9.17) is 27.9 Å². The lowest BCUT2D eigenvalue weighted by molar-refractivity contribution is -0.116. The monoisotopic (exact) mass is 341 g/mol. The smallest absolute Gasteiger partial charge is 0.224 e. The Balaban J connectivity index is 1.72. The first-order chi connectivity index (χ1) is 10.6. The molecule has 0 aliphatic heterocycles. The quantitative estimate of drug-likeness (QED) is 0.774. The van der Waals surface area contributed by atoms with Crippen LogP contribution in [0.4, 0.5) is 5.69 Å². The molecule has 0 spiro atoms. The first kappa shape index (κ1) is 16.6. The van der Waals surface area contributed by atoms with Crippen LogP contribution in [0, 0.1) is 0 Å². The topological polar surface area (TPSA) is 56.2 Å². The van der Waals surface area contributed by atoms with Gasteiger partial charge < -0.3 is 10.1 Å². The summed E-state index contributed by atoms with van der Waals surface area (Å²) in [6, 6.07) is 5.20. The first-order valence-corrected chi connectivity index (χ1v) is 7.75. The van der Waals surface area contributed by atoms with Gasteiger partial charge in [0.1, 0.15) is 10.8 Å². The van der Waals surface area contributed by atoms with Gasteiger partial charge in [-0.3, -0.25) is 9.48 Å². The lowest BCUT2D eigenvalue weighted by Crippen LogP contribution is -2.12. The van der Waals surface area contributed by atoms with Crippen molar-refractivity contribution in [1.82, 2.24) is 9.78 Å². The maximum Gasteiger partial charge on any atom is 0.224 e. The van der Waals surface area contributed by atoms with Crippen LogP contribution in [-0.2, 0) is 11.3 Å². The second-order valence-electron chi connectivity index (χ2n) is 4.64. The van der Waals surface area contributed by atoms with Gasteiger partial charge in [-0.25, -0.2) is 0 Å². The number of amides is 1. The first-order valence-electron chi connectivity index (χ1n) is 6.99. The molecule has 0 fully saturated rings. The molecule has 1 aromatic heterocycles. The molecule has 0 atom stereocenters. The molecule has 0 bridgehead atoms. The van der Waals surface area contributed by atoms with E-state index in [-0.39, 0.29) is 5.91 Å². The second kappa shape index (κ2) is 8.06. The Morgan fingerprint density at radius 1 is 1.41 bits per heavy atom. The molecule has 0 saturated heterocycles. The number of carbonyl (C=O) groups is 1. The molecule has 0 aliphatic rings. The van der Waals surface area contributed by atoms with Gasteiger partial charge in [-0.05, 0) is 25.5 Å². The predicted molar refractivity (Wildman–Crippen MR) is 87.7 cm³/mol. The number of ether oxygens (including phenoxy) is 1. The van der Waals surface area contributed by atoms with Gasteiger partial charge in [-0.1, -0.05) is 29.3 Å². The van der Waals surface area contributed by atoms with Crippen LogP contribution in [0.1, 0.15) is 19.8 Å².